The molecule has 0 saturated carbocycles. The monoisotopic (exact) mass is 305 g/mol. The largest absolute Gasteiger partial charge is 0.323 e. The van der Waals surface area contributed by atoms with E-state index in [-0.39, 0.29) is 30.7 Å². The highest BCUT2D eigenvalue weighted by molar-refractivity contribution is 5.98. The molecule has 0 aliphatic carbocycles. The predicted octanol–water partition coefficient (Wildman–Crippen LogP) is 2.70. The van der Waals surface area contributed by atoms with Crippen molar-refractivity contribution in [3.8, 4) is 0 Å². The lowest BCUT2D eigenvalue weighted by Gasteiger charge is -2.33. The van der Waals surface area contributed by atoms with Gasteiger partial charge in [-0.3, -0.25) is 9.78 Å². The van der Waals surface area contributed by atoms with Crippen LogP contribution in [-0.4, -0.2) is 23.0 Å². The van der Waals surface area contributed by atoms with E-state index in [0.717, 1.165) is 37.2 Å². The fourth-order valence-corrected chi connectivity index (χ4v) is 2.13. The quantitative estimate of drug-likeness (QED) is 0.883. The van der Waals surface area contributed by atoms with Crippen molar-refractivity contribution in [2.24, 2.45) is 0 Å². The van der Waals surface area contributed by atoms with Gasteiger partial charge in [0.15, 0.2) is 0 Å². The molecule has 1 aliphatic rings. The van der Waals surface area contributed by atoms with Gasteiger partial charge in [0.1, 0.15) is 0 Å². The maximum Gasteiger partial charge on any atom is 0.244 e. The molecule has 1 amide bonds. The second kappa shape index (κ2) is 7.68. The summed E-state index contributed by atoms with van der Waals surface area (Å²) in [6, 6.07) is 3.71. The number of anilines is 1. The summed E-state index contributed by atoms with van der Waals surface area (Å²) in [5.74, 6) is 0.0355. The number of aromatic nitrogens is 1. The minimum absolute atomic E-state index is 0. The second-order valence-corrected chi connectivity index (χ2v) is 4.81. The second-order valence-electron chi connectivity index (χ2n) is 4.81. The van der Waals surface area contributed by atoms with Crippen molar-refractivity contribution in [2.45, 2.75) is 38.6 Å². The SMILES string of the molecule is Cc1ncccc1NC(=O)C1(C)CCCCN1.Cl.Cl. The fraction of sp³-hybridized carbons (Fsp3) is 0.538. The number of amides is 1. The van der Waals surface area contributed by atoms with Crippen LogP contribution in [0.2, 0.25) is 0 Å². The van der Waals surface area contributed by atoms with Crippen molar-refractivity contribution >= 4 is 36.4 Å². The van der Waals surface area contributed by atoms with Gasteiger partial charge in [-0.2, -0.15) is 0 Å². The molecule has 1 aliphatic heterocycles. The molecule has 6 heteroatoms. The molecule has 1 saturated heterocycles. The molecule has 2 rings (SSSR count). The first-order valence-electron chi connectivity index (χ1n) is 6.10. The van der Waals surface area contributed by atoms with E-state index in [4.69, 9.17) is 0 Å². The Bertz CT molecular complexity index is 420. The zero-order valence-corrected chi connectivity index (χ0v) is 12.9. The molecule has 1 aromatic heterocycles. The number of piperidine rings is 1. The molecule has 2 N–H and O–H groups in total. The van der Waals surface area contributed by atoms with Crippen LogP contribution in [0.3, 0.4) is 0 Å². The lowest BCUT2D eigenvalue weighted by molar-refractivity contribution is -0.122. The standard InChI is InChI=1S/C13H19N3O.2ClH/c1-10-11(6-5-8-14-10)16-12(17)13(2)7-3-4-9-15-13;;/h5-6,8,15H,3-4,7,9H2,1-2H3,(H,16,17);2*1H. The molecule has 19 heavy (non-hydrogen) atoms. The topological polar surface area (TPSA) is 54.0 Å². The zero-order valence-electron chi connectivity index (χ0n) is 11.2. The van der Waals surface area contributed by atoms with Gasteiger partial charge >= 0.3 is 0 Å². The van der Waals surface area contributed by atoms with Gasteiger partial charge in [-0.15, -0.1) is 24.8 Å². The Labute approximate surface area is 126 Å². The van der Waals surface area contributed by atoms with E-state index >= 15 is 0 Å². The van der Waals surface area contributed by atoms with Gasteiger partial charge in [0.25, 0.3) is 0 Å². The third kappa shape index (κ3) is 4.34. The van der Waals surface area contributed by atoms with E-state index in [1.807, 2.05) is 26.0 Å². The van der Waals surface area contributed by atoms with Gasteiger partial charge in [-0.1, -0.05) is 0 Å². The van der Waals surface area contributed by atoms with Crippen LogP contribution in [0.15, 0.2) is 18.3 Å². The number of nitrogens with zero attached hydrogens (tertiary/aromatic N) is 1. The molecule has 1 unspecified atom stereocenters. The summed E-state index contributed by atoms with van der Waals surface area (Å²) in [5, 5.41) is 6.26. The average molecular weight is 306 g/mol. The molecular weight excluding hydrogens is 285 g/mol. The van der Waals surface area contributed by atoms with E-state index in [1.54, 1.807) is 6.20 Å². The minimum Gasteiger partial charge on any atom is -0.323 e. The third-order valence-corrected chi connectivity index (χ3v) is 3.38. The first-order valence-corrected chi connectivity index (χ1v) is 6.10. The van der Waals surface area contributed by atoms with Crippen molar-refractivity contribution in [1.29, 1.82) is 0 Å². The molecule has 1 fully saturated rings. The molecule has 0 spiro atoms. The molecule has 1 aromatic rings. The molecule has 0 bridgehead atoms. The molecule has 1 atom stereocenters. The summed E-state index contributed by atoms with van der Waals surface area (Å²) >= 11 is 0. The predicted molar refractivity (Wildman–Crippen MR) is 82.4 cm³/mol. The fourth-order valence-electron chi connectivity index (χ4n) is 2.13. The number of pyridine rings is 1. The Balaban J connectivity index is 0.00000162. The van der Waals surface area contributed by atoms with Crippen LogP contribution in [0.5, 0.6) is 0 Å². The van der Waals surface area contributed by atoms with Crippen molar-refractivity contribution in [2.75, 3.05) is 11.9 Å². The minimum atomic E-state index is -0.444. The number of hydrogen-bond acceptors (Lipinski definition) is 3. The van der Waals surface area contributed by atoms with Crippen LogP contribution in [0.25, 0.3) is 0 Å². The Morgan fingerprint density at radius 3 is 2.74 bits per heavy atom. The molecule has 2 heterocycles. The summed E-state index contributed by atoms with van der Waals surface area (Å²) in [5.41, 5.74) is 1.20. The maximum absolute atomic E-state index is 12.2. The lowest BCUT2D eigenvalue weighted by Crippen LogP contribution is -2.54. The Morgan fingerprint density at radius 2 is 2.16 bits per heavy atom. The number of nitrogens with one attached hydrogen (secondary N) is 2. The summed E-state index contributed by atoms with van der Waals surface area (Å²) in [6.45, 7) is 4.77. The molecular formula is C13H21Cl2N3O. The Morgan fingerprint density at radius 1 is 1.42 bits per heavy atom. The van der Waals surface area contributed by atoms with Crippen molar-refractivity contribution in [3.05, 3.63) is 24.0 Å². The first kappa shape index (κ1) is 18.2. The molecule has 108 valence electrons. The maximum atomic E-state index is 12.2. The van der Waals surface area contributed by atoms with Gasteiger partial charge < -0.3 is 10.6 Å². The smallest absolute Gasteiger partial charge is 0.244 e. The highest BCUT2D eigenvalue weighted by atomic mass is 35.5. The highest BCUT2D eigenvalue weighted by Crippen LogP contribution is 2.21. The van der Waals surface area contributed by atoms with Crippen LogP contribution in [-0.2, 0) is 4.79 Å². The molecule has 4 nitrogen and oxygen atoms in total. The number of halogens is 2. The number of rotatable bonds is 2. The molecule has 0 radical (unpaired) electrons. The van der Waals surface area contributed by atoms with Gasteiger partial charge in [0, 0.05) is 6.20 Å². The van der Waals surface area contributed by atoms with Crippen molar-refractivity contribution in [1.82, 2.24) is 10.3 Å². The van der Waals surface area contributed by atoms with E-state index in [0.29, 0.717) is 0 Å². The summed E-state index contributed by atoms with van der Waals surface area (Å²) in [7, 11) is 0. The summed E-state index contributed by atoms with van der Waals surface area (Å²) in [4.78, 5) is 16.4. The van der Waals surface area contributed by atoms with Crippen LogP contribution < -0.4 is 10.6 Å². The number of carbonyl (C=O) groups excluding carboxylic acids is 1. The van der Waals surface area contributed by atoms with E-state index in [2.05, 4.69) is 15.6 Å². The van der Waals surface area contributed by atoms with Gasteiger partial charge in [-0.25, -0.2) is 0 Å². The van der Waals surface area contributed by atoms with Crippen LogP contribution in [0, 0.1) is 6.92 Å². The first-order chi connectivity index (χ1) is 8.12. The van der Waals surface area contributed by atoms with Gasteiger partial charge in [0.05, 0.1) is 16.9 Å². The highest BCUT2D eigenvalue weighted by Gasteiger charge is 2.34. The van der Waals surface area contributed by atoms with E-state index in [1.165, 1.54) is 0 Å². The summed E-state index contributed by atoms with van der Waals surface area (Å²) in [6.07, 6.45) is 4.86. The third-order valence-electron chi connectivity index (χ3n) is 3.38. The average Bonchev–Trinajstić information content (AvgIpc) is 2.33. The number of carbonyl (C=O) groups is 1. The Hall–Kier alpha value is -0.840. The normalized spacial score (nSPS) is 21.8. The summed E-state index contributed by atoms with van der Waals surface area (Å²) < 4.78 is 0. The van der Waals surface area contributed by atoms with E-state index in [9.17, 15) is 4.79 Å². The van der Waals surface area contributed by atoms with Crippen LogP contribution in [0.4, 0.5) is 5.69 Å². The van der Waals surface area contributed by atoms with Crippen LogP contribution in [0.1, 0.15) is 31.9 Å². The number of hydrogen-bond donors (Lipinski definition) is 2. The zero-order chi connectivity index (χ0) is 12.3. The van der Waals surface area contributed by atoms with Gasteiger partial charge in [0.2, 0.25) is 5.91 Å². The van der Waals surface area contributed by atoms with Crippen molar-refractivity contribution in [3.63, 3.8) is 0 Å². The molecule has 0 aromatic carbocycles. The lowest BCUT2D eigenvalue weighted by atomic mass is 9.90. The Kier molecular flexibility index (Phi) is 7.34. The van der Waals surface area contributed by atoms with E-state index < -0.39 is 5.54 Å². The van der Waals surface area contributed by atoms with Crippen LogP contribution >= 0.6 is 24.8 Å². The van der Waals surface area contributed by atoms with Gasteiger partial charge in [-0.05, 0) is 51.8 Å². The van der Waals surface area contributed by atoms with Crippen molar-refractivity contribution < 1.29 is 4.79 Å². The number of aryl methyl sites for hydroxylation is 1.